The molecule has 0 spiro atoms. The molecule has 4 rings (SSSR count). The lowest BCUT2D eigenvalue weighted by Gasteiger charge is -2.26. The van der Waals surface area contributed by atoms with Crippen LogP contribution >= 0.6 is 7.75 Å². The van der Waals surface area contributed by atoms with Crippen molar-refractivity contribution in [3.05, 3.63) is 65.2 Å². The van der Waals surface area contributed by atoms with Crippen LogP contribution in [0, 0.1) is 5.41 Å². The maximum absolute atomic E-state index is 15.5. The topological polar surface area (TPSA) is 164 Å². The summed E-state index contributed by atoms with van der Waals surface area (Å²) in [6.07, 6.45) is -3.82. The number of fused-ring (bicyclic) bond motifs is 1. The van der Waals surface area contributed by atoms with Crippen molar-refractivity contribution in [3.63, 3.8) is 0 Å². The Balaban J connectivity index is 1.58. The lowest BCUT2D eigenvalue weighted by Crippen LogP contribution is -2.44. The minimum Gasteiger partial charge on any atom is -0.464 e. The van der Waals surface area contributed by atoms with Gasteiger partial charge in [-0.15, -0.1) is 0 Å². The molecule has 12 nitrogen and oxygen atoms in total. The molecular weight excluding hydrogens is 570 g/mol. The van der Waals surface area contributed by atoms with Crippen LogP contribution in [0.2, 0.25) is 0 Å². The van der Waals surface area contributed by atoms with Crippen molar-refractivity contribution in [2.24, 2.45) is 5.41 Å². The Hall–Kier alpha value is -3.35. The van der Waals surface area contributed by atoms with Crippen LogP contribution in [0.1, 0.15) is 40.8 Å². The summed E-state index contributed by atoms with van der Waals surface area (Å²) >= 11 is 0. The van der Waals surface area contributed by atoms with Crippen molar-refractivity contribution in [2.75, 3.05) is 18.9 Å². The molecule has 1 aliphatic rings. The third kappa shape index (κ3) is 7.16. The van der Waals surface area contributed by atoms with Crippen molar-refractivity contribution in [1.29, 1.82) is 0 Å². The minimum atomic E-state index is -4.43. The number of benzene rings is 2. The van der Waals surface area contributed by atoms with E-state index < -0.39 is 56.2 Å². The number of carbonyl (C=O) groups excluding carboxylic acids is 1. The number of esters is 1. The highest BCUT2D eigenvalue weighted by molar-refractivity contribution is 7.52. The van der Waals surface area contributed by atoms with Gasteiger partial charge < -0.3 is 24.8 Å². The number of ether oxygens (including phenoxy) is 2. The molecule has 0 bridgehead atoms. The number of nitrogen functional groups attached to an aromatic ring is 1. The highest BCUT2D eigenvalue weighted by atomic mass is 31.2. The average Bonchev–Trinajstić information content (AvgIpc) is 3.14. The normalized spacial score (nSPS) is 24.7. The highest BCUT2D eigenvalue weighted by Gasteiger charge is 2.55. The van der Waals surface area contributed by atoms with E-state index in [-0.39, 0.29) is 23.6 Å². The van der Waals surface area contributed by atoms with Crippen LogP contribution in [-0.4, -0.2) is 57.8 Å². The molecule has 3 aromatic rings. The molecule has 0 amide bonds. The summed E-state index contributed by atoms with van der Waals surface area (Å²) in [5.74, 6) is -0.569. The molecule has 2 heterocycles. The van der Waals surface area contributed by atoms with Gasteiger partial charge in [-0.2, -0.15) is 10.1 Å². The molecule has 6 atom stereocenters. The fraction of sp³-hybridized carbons (Fsp3) is 0.464. The lowest BCUT2D eigenvalue weighted by atomic mass is 9.98. The van der Waals surface area contributed by atoms with E-state index >= 15 is 4.39 Å². The van der Waals surface area contributed by atoms with Crippen LogP contribution in [0.25, 0.3) is 10.8 Å². The zero-order valence-electron chi connectivity index (χ0n) is 24.0. The number of hydrogen-bond acceptors (Lipinski definition) is 10. The number of carbonyl (C=O) groups is 1. The monoisotopic (exact) mass is 606 g/mol. The molecule has 1 unspecified atom stereocenters. The summed E-state index contributed by atoms with van der Waals surface area (Å²) in [6, 6.07) is 12.5. The fourth-order valence-electron chi connectivity index (χ4n) is 4.33. The van der Waals surface area contributed by atoms with Crippen molar-refractivity contribution in [2.45, 2.75) is 64.8 Å². The number of nitrogens with two attached hydrogens (primary N) is 1. The SMILES string of the molecule is C[C@H](NP(=O)(OC[C@H]1O[C@@H](n2ccc(N)nc2=O)[C@](C)(O)[C@@H]1F)Oc1cccc2ccccc12)C(=O)OCC(C)(C)C. The number of nitrogens with zero attached hydrogens (tertiary/aromatic N) is 2. The molecule has 0 radical (unpaired) electrons. The Kier molecular flexibility index (Phi) is 9.10. The van der Waals surface area contributed by atoms with Gasteiger partial charge in [-0.05, 0) is 36.8 Å². The third-order valence-corrected chi connectivity index (χ3v) is 8.15. The van der Waals surface area contributed by atoms with Crippen LogP contribution < -0.4 is 21.0 Å². The van der Waals surface area contributed by atoms with Crippen molar-refractivity contribution in [1.82, 2.24) is 14.6 Å². The first kappa shape index (κ1) is 31.6. The molecule has 14 heteroatoms. The van der Waals surface area contributed by atoms with Gasteiger partial charge in [0.15, 0.2) is 12.4 Å². The largest absolute Gasteiger partial charge is 0.464 e. The predicted octanol–water partition coefficient (Wildman–Crippen LogP) is 3.74. The Morgan fingerprint density at radius 1 is 1.26 bits per heavy atom. The first-order valence-corrected chi connectivity index (χ1v) is 14.9. The molecular formula is C28H36FN4O8P. The van der Waals surface area contributed by atoms with Gasteiger partial charge in [0.05, 0.1) is 13.2 Å². The first-order chi connectivity index (χ1) is 19.6. The Morgan fingerprint density at radius 3 is 2.64 bits per heavy atom. The number of alkyl halides is 1. The average molecular weight is 607 g/mol. The van der Waals surface area contributed by atoms with Gasteiger partial charge in [0.2, 0.25) is 0 Å². The molecule has 1 aliphatic heterocycles. The molecule has 42 heavy (non-hydrogen) atoms. The first-order valence-electron chi connectivity index (χ1n) is 13.3. The standard InChI is InChI=1S/C28H36FN4O8P/c1-17(24(34)38-16-27(2,3)4)32-42(37,41-20-12-8-10-18-9-6-7-11-19(18)20)39-15-21-23(29)28(5,36)25(40-21)33-14-13-22(30)31-26(33)35/h6-14,17,21,23,25,36H,15-16H2,1-5H3,(H,32,37)(H2,30,31,35)/t17-,21+,23+,25+,28+,42?/m0/s1. The van der Waals surface area contributed by atoms with E-state index in [1.807, 2.05) is 39.0 Å². The molecule has 4 N–H and O–H groups in total. The Morgan fingerprint density at radius 2 is 1.95 bits per heavy atom. The Labute approximate surface area is 242 Å². The zero-order chi connectivity index (χ0) is 30.9. The third-order valence-electron chi connectivity index (χ3n) is 6.52. The molecule has 0 saturated carbocycles. The summed E-state index contributed by atoms with van der Waals surface area (Å²) in [5.41, 5.74) is 2.19. The van der Waals surface area contributed by atoms with E-state index in [9.17, 15) is 19.3 Å². The van der Waals surface area contributed by atoms with E-state index in [0.717, 1.165) is 16.9 Å². The Bertz CT molecular complexity index is 1540. The highest BCUT2D eigenvalue weighted by Crippen LogP contribution is 2.48. The number of nitrogens with one attached hydrogen (secondary N) is 1. The summed E-state index contributed by atoms with van der Waals surface area (Å²) in [4.78, 5) is 28.7. The van der Waals surface area contributed by atoms with Gasteiger partial charge in [-0.3, -0.25) is 13.9 Å². The second-order valence-corrected chi connectivity index (χ2v) is 13.3. The summed E-state index contributed by atoms with van der Waals surface area (Å²) in [6.45, 7) is 7.69. The molecule has 228 valence electrons. The summed E-state index contributed by atoms with van der Waals surface area (Å²) in [5, 5.41) is 14.9. The van der Waals surface area contributed by atoms with E-state index in [2.05, 4.69) is 10.1 Å². The summed E-state index contributed by atoms with van der Waals surface area (Å²) < 4.78 is 53.0. The molecule has 1 fully saturated rings. The van der Waals surface area contributed by atoms with Gasteiger partial charge in [-0.1, -0.05) is 57.2 Å². The summed E-state index contributed by atoms with van der Waals surface area (Å²) in [7, 11) is -4.43. The van der Waals surface area contributed by atoms with Gasteiger partial charge >= 0.3 is 19.4 Å². The molecule has 0 aliphatic carbocycles. The molecule has 2 aromatic carbocycles. The van der Waals surface area contributed by atoms with Gasteiger partial charge in [0.25, 0.3) is 0 Å². The number of anilines is 1. The van der Waals surface area contributed by atoms with Crippen LogP contribution in [-0.2, 0) is 23.4 Å². The van der Waals surface area contributed by atoms with Gasteiger partial charge in [0, 0.05) is 11.6 Å². The maximum Gasteiger partial charge on any atom is 0.459 e. The van der Waals surface area contributed by atoms with E-state index in [1.54, 1.807) is 24.3 Å². The van der Waals surface area contributed by atoms with Crippen LogP contribution in [0.3, 0.4) is 0 Å². The van der Waals surface area contributed by atoms with E-state index in [0.29, 0.717) is 5.39 Å². The predicted molar refractivity (Wildman–Crippen MR) is 153 cm³/mol. The van der Waals surface area contributed by atoms with Gasteiger partial charge in [0.1, 0.15) is 29.3 Å². The van der Waals surface area contributed by atoms with Crippen molar-refractivity contribution < 1.29 is 37.4 Å². The number of hydrogen-bond donors (Lipinski definition) is 3. The molecule has 1 saturated heterocycles. The van der Waals surface area contributed by atoms with E-state index in [1.165, 1.54) is 19.2 Å². The van der Waals surface area contributed by atoms with Crippen molar-refractivity contribution >= 4 is 30.3 Å². The smallest absolute Gasteiger partial charge is 0.459 e. The minimum absolute atomic E-state index is 0.0571. The second kappa shape index (κ2) is 12.1. The number of aliphatic hydroxyl groups is 1. The quantitative estimate of drug-likeness (QED) is 0.228. The van der Waals surface area contributed by atoms with E-state index in [4.69, 9.17) is 24.3 Å². The van der Waals surface area contributed by atoms with Crippen LogP contribution in [0.5, 0.6) is 5.75 Å². The maximum atomic E-state index is 15.5. The van der Waals surface area contributed by atoms with Crippen LogP contribution in [0.15, 0.2) is 59.5 Å². The number of rotatable bonds is 10. The second-order valence-electron chi connectivity index (χ2n) is 11.6. The lowest BCUT2D eigenvalue weighted by molar-refractivity contribution is -0.148. The molecule has 1 aromatic heterocycles. The number of aromatic nitrogens is 2. The zero-order valence-corrected chi connectivity index (χ0v) is 24.9. The number of halogens is 1. The van der Waals surface area contributed by atoms with Crippen molar-refractivity contribution in [3.8, 4) is 5.75 Å². The van der Waals surface area contributed by atoms with Gasteiger partial charge in [-0.25, -0.2) is 13.8 Å². The van der Waals surface area contributed by atoms with Crippen LogP contribution in [0.4, 0.5) is 10.2 Å². The fourth-order valence-corrected chi connectivity index (χ4v) is 5.85.